The van der Waals surface area contributed by atoms with Gasteiger partial charge in [-0.1, -0.05) is 19.3 Å². The normalized spacial score (nSPS) is 22.2. The highest BCUT2D eigenvalue weighted by atomic mass is 19.3. The Morgan fingerprint density at radius 3 is 2.31 bits per heavy atom. The monoisotopic (exact) mass is 192 g/mol. The second kappa shape index (κ2) is 4.86. The van der Waals surface area contributed by atoms with Crippen LogP contribution in [0.5, 0.6) is 0 Å². The van der Waals surface area contributed by atoms with Gasteiger partial charge in [0.1, 0.15) is 0 Å². The lowest BCUT2D eigenvalue weighted by Gasteiger charge is -2.37. The molecular weight excluding hydrogens is 174 g/mol. The molecule has 1 aliphatic rings. The first-order chi connectivity index (χ1) is 6.18. The second-order valence-corrected chi connectivity index (χ2v) is 3.82. The molecule has 0 aromatic rings. The Bertz CT molecular complexity index is 145. The van der Waals surface area contributed by atoms with E-state index in [2.05, 4.69) is 5.32 Å². The number of rotatable bonds is 4. The highest BCUT2D eigenvalue weighted by molar-refractivity contribution is 4.91. The van der Waals surface area contributed by atoms with Crippen molar-refractivity contribution in [3.8, 4) is 0 Å². The van der Waals surface area contributed by atoms with Crippen LogP contribution in [0.25, 0.3) is 0 Å². The van der Waals surface area contributed by atoms with E-state index in [9.17, 15) is 8.78 Å². The minimum atomic E-state index is -2.27. The van der Waals surface area contributed by atoms with Crippen LogP contribution in [-0.4, -0.2) is 25.1 Å². The molecule has 0 aromatic carbocycles. The minimum Gasteiger partial charge on any atom is -0.329 e. The summed E-state index contributed by atoms with van der Waals surface area (Å²) in [5.74, 6) is 0. The molecule has 13 heavy (non-hydrogen) atoms. The molecule has 0 radical (unpaired) electrons. The number of nitrogens with one attached hydrogen (secondary N) is 1. The predicted molar refractivity (Wildman–Crippen MR) is 48.9 cm³/mol. The molecule has 1 fully saturated rings. The first kappa shape index (κ1) is 10.9. The molecule has 0 saturated heterocycles. The summed E-state index contributed by atoms with van der Waals surface area (Å²) in [4.78, 5) is 0. The third-order valence-electron chi connectivity index (χ3n) is 2.83. The Kier molecular flexibility index (Phi) is 4.06. The molecule has 3 N–H and O–H groups in total. The number of hydrogen-bond acceptors (Lipinski definition) is 2. The molecule has 1 saturated carbocycles. The summed E-state index contributed by atoms with van der Waals surface area (Å²) in [5, 5.41) is 2.91. The molecule has 0 aromatic heterocycles. The van der Waals surface area contributed by atoms with E-state index in [1.165, 1.54) is 6.42 Å². The largest absolute Gasteiger partial charge is 0.329 e. The van der Waals surface area contributed by atoms with Gasteiger partial charge in [0.25, 0.3) is 6.43 Å². The topological polar surface area (TPSA) is 38.0 Å². The van der Waals surface area contributed by atoms with Gasteiger partial charge in [-0.05, 0) is 12.8 Å². The molecule has 1 aliphatic carbocycles. The molecular formula is C9H18F2N2. The highest BCUT2D eigenvalue weighted by Gasteiger charge is 2.30. The summed E-state index contributed by atoms with van der Waals surface area (Å²) in [7, 11) is 0. The van der Waals surface area contributed by atoms with Crippen LogP contribution in [0.4, 0.5) is 8.78 Å². The van der Waals surface area contributed by atoms with Crippen LogP contribution in [0, 0.1) is 0 Å². The summed E-state index contributed by atoms with van der Waals surface area (Å²) in [6, 6.07) is 0. The van der Waals surface area contributed by atoms with Crippen LogP contribution < -0.4 is 11.1 Å². The van der Waals surface area contributed by atoms with Gasteiger partial charge < -0.3 is 11.1 Å². The molecule has 2 nitrogen and oxygen atoms in total. The number of halogens is 2. The number of nitrogens with two attached hydrogens (primary N) is 1. The van der Waals surface area contributed by atoms with Gasteiger partial charge in [0.15, 0.2) is 0 Å². The van der Waals surface area contributed by atoms with Gasteiger partial charge in [0.05, 0.1) is 6.54 Å². The zero-order valence-electron chi connectivity index (χ0n) is 7.86. The average molecular weight is 192 g/mol. The van der Waals surface area contributed by atoms with Crippen molar-refractivity contribution in [3.63, 3.8) is 0 Å². The van der Waals surface area contributed by atoms with Crippen molar-refractivity contribution < 1.29 is 8.78 Å². The van der Waals surface area contributed by atoms with Crippen molar-refractivity contribution in [2.75, 3.05) is 13.1 Å². The quantitative estimate of drug-likeness (QED) is 0.708. The van der Waals surface area contributed by atoms with Crippen LogP contribution in [-0.2, 0) is 0 Å². The smallest absolute Gasteiger partial charge is 0.250 e. The molecule has 0 aliphatic heterocycles. The molecule has 0 heterocycles. The fourth-order valence-electron chi connectivity index (χ4n) is 1.98. The van der Waals surface area contributed by atoms with Crippen LogP contribution in [0.2, 0.25) is 0 Å². The maximum Gasteiger partial charge on any atom is 0.250 e. The Morgan fingerprint density at radius 2 is 1.85 bits per heavy atom. The van der Waals surface area contributed by atoms with E-state index in [0.29, 0.717) is 6.54 Å². The second-order valence-electron chi connectivity index (χ2n) is 3.82. The van der Waals surface area contributed by atoms with E-state index in [1.807, 2.05) is 0 Å². The van der Waals surface area contributed by atoms with Crippen molar-refractivity contribution in [3.05, 3.63) is 0 Å². The summed E-state index contributed by atoms with van der Waals surface area (Å²) in [6.07, 6.45) is 3.02. The maximum atomic E-state index is 12.0. The fourth-order valence-corrected chi connectivity index (χ4v) is 1.98. The van der Waals surface area contributed by atoms with Gasteiger partial charge in [0.2, 0.25) is 0 Å². The van der Waals surface area contributed by atoms with Crippen molar-refractivity contribution in [2.24, 2.45) is 5.73 Å². The van der Waals surface area contributed by atoms with Crippen molar-refractivity contribution in [1.82, 2.24) is 5.32 Å². The zero-order chi connectivity index (χ0) is 9.73. The Morgan fingerprint density at radius 1 is 1.23 bits per heavy atom. The first-order valence-corrected chi connectivity index (χ1v) is 4.92. The molecule has 0 unspecified atom stereocenters. The fraction of sp³-hybridized carbons (Fsp3) is 1.00. The zero-order valence-corrected chi connectivity index (χ0v) is 7.86. The third kappa shape index (κ3) is 3.19. The number of hydrogen-bond donors (Lipinski definition) is 2. The van der Waals surface area contributed by atoms with Gasteiger partial charge in [0, 0.05) is 12.1 Å². The summed E-state index contributed by atoms with van der Waals surface area (Å²) in [6.45, 7) is 0.247. The summed E-state index contributed by atoms with van der Waals surface area (Å²) < 4.78 is 24.0. The highest BCUT2D eigenvalue weighted by Crippen LogP contribution is 2.27. The van der Waals surface area contributed by atoms with Gasteiger partial charge in [-0.25, -0.2) is 8.78 Å². The van der Waals surface area contributed by atoms with Crippen LogP contribution in [0.1, 0.15) is 32.1 Å². The predicted octanol–water partition coefficient (Wildman–Crippen LogP) is 1.50. The first-order valence-electron chi connectivity index (χ1n) is 4.92. The molecule has 78 valence electrons. The molecule has 0 amide bonds. The van der Waals surface area contributed by atoms with E-state index >= 15 is 0 Å². The van der Waals surface area contributed by atoms with Gasteiger partial charge >= 0.3 is 0 Å². The molecule has 0 atom stereocenters. The Labute approximate surface area is 77.9 Å². The Hall–Kier alpha value is -0.220. The van der Waals surface area contributed by atoms with E-state index in [-0.39, 0.29) is 12.1 Å². The third-order valence-corrected chi connectivity index (χ3v) is 2.83. The van der Waals surface area contributed by atoms with Crippen molar-refractivity contribution >= 4 is 0 Å². The maximum absolute atomic E-state index is 12.0. The van der Waals surface area contributed by atoms with E-state index in [0.717, 1.165) is 25.7 Å². The lowest BCUT2D eigenvalue weighted by Crippen LogP contribution is -2.53. The van der Waals surface area contributed by atoms with Crippen LogP contribution in [0.3, 0.4) is 0 Å². The standard InChI is InChI=1S/C9H18F2N2/c10-8(11)6-13-9(7-12)4-2-1-3-5-9/h8,13H,1-7,12H2. The average Bonchev–Trinajstić information content (AvgIpc) is 2.16. The molecule has 1 rings (SSSR count). The van der Waals surface area contributed by atoms with E-state index < -0.39 is 6.43 Å². The van der Waals surface area contributed by atoms with E-state index in [1.54, 1.807) is 0 Å². The van der Waals surface area contributed by atoms with Crippen LogP contribution >= 0.6 is 0 Å². The lowest BCUT2D eigenvalue weighted by molar-refractivity contribution is 0.119. The van der Waals surface area contributed by atoms with Gasteiger partial charge in [-0.2, -0.15) is 0 Å². The number of alkyl halides is 2. The summed E-state index contributed by atoms with van der Waals surface area (Å²) >= 11 is 0. The van der Waals surface area contributed by atoms with Gasteiger partial charge in [-0.3, -0.25) is 0 Å². The van der Waals surface area contributed by atoms with E-state index in [4.69, 9.17) is 5.73 Å². The van der Waals surface area contributed by atoms with Crippen LogP contribution in [0.15, 0.2) is 0 Å². The SMILES string of the molecule is NCC1(NCC(F)F)CCCCC1. The lowest BCUT2D eigenvalue weighted by atomic mass is 9.82. The Balaban J connectivity index is 2.38. The molecule has 0 bridgehead atoms. The van der Waals surface area contributed by atoms with Crippen molar-refractivity contribution in [1.29, 1.82) is 0 Å². The summed E-state index contributed by atoms with van der Waals surface area (Å²) in [5.41, 5.74) is 5.42. The minimum absolute atomic E-state index is 0.200. The van der Waals surface area contributed by atoms with Crippen molar-refractivity contribution in [2.45, 2.75) is 44.1 Å². The van der Waals surface area contributed by atoms with Gasteiger partial charge in [-0.15, -0.1) is 0 Å². The molecule has 4 heteroatoms. The molecule has 0 spiro atoms.